The van der Waals surface area contributed by atoms with Gasteiger partial charge in [-0.3, -0.25) is 4.79 Å². The maximum Gasteiger partial charge on any atom is 0.149 e. The van der Waals surface area contributed by atoms with Gasteiger partial charge < -0.3 is 4.90 Å². The molecular weight excluding hydrogens is 390 g/mol. The van der Waals surface area contributed by atoms with Gasteiger partial charge in [0.1, 0.15) is 6.29 Å². The number of anilines is 1. The van der Waals surface area contributed by atoms with Crippen molar-refractivity contribution in [3.63, 3.8) is 0 Å². The number of allylic oxidation sites excluding steroid dienone is 2. The molecule has 0 atom stereocenters. The van der Waals surface area contributed by atoms with Gasteiger partial charge in [0, 0.05) is 17.5 Å². The van der Waals surface area contributed by atoms with Crippen LogP contribution in [0.4, 0.5) is 5.69 Å². The first-order valence-corrected chi connectivity index (χ1v) is 10.7. The average molecular weight is 414 g/mol. The van der Waals surface area contributed by atoms with E-state index in [0.717, 1.165) is 34.4 Å². The first-order valence-electron chi connectivity index (χ1n) is 10.7. The van der Waals surface area contributed by atoms with E-state index >= 15 is 0 Å². The number of para-hydroxylation sites is 1. The molecule has 154 valence electrons. The summed E-state index contributed by atoms with van der Waals surface area (Å²) in [5.74, 6) is 0. The number of hydrogen-bond donors (Lipinski definition) is 0. The second-order valence-corrected chi connectivity index (χ2v) is 7.81. The van der Waals surface area contributed by atoms with Crippen LogP contribution in [0.5, 0.6) is 0 Å². The minimum atomic E-state index is -0.694. The van der Waals surface area contributed by atoms with E-state index in [9.17, 15) is 4.79 Å². The molecule has 1 aliphatic heterocycles. The zero-order valence-corrected chi connectivity index (χ0v) is 17.6. The first-order chi connectivity index (χ1) is 15.8. The summed E-state index contributed by atoms with van der Waals surface area (Å²) in [5.41, 5.74) is 5.04. The summed E-state index contributed by atoms with van der Waals surface area (Å²) in [7, 11) is 0. The van der Waals surface area contributed by atoms with Crippen molar-refractivity contribution in [2.75, 3.05) is 4.90 Å². The van der Waals surface area contributed by atoms with E-state index in [-0.39, 0.29) is 0 Å². The Morgan fingerprint density at radius 1 is 0.594 bits per heavy atom. The first kappa shape index (κ1) is 19.8. The van der Waals surface area contributed by atoms with Gasteiger partial charge in [0.05, 0.1) is 11.1 Å². The fraction of sp³-hybridized carbons (Fsp3) is 0.0333. The Kier molecular flexibility index (Phi) is 5.27. The molecule has 0 amide bonds. The van der Waals surface area contributed by atoms with E-state index in [1.165, 1.54) is 0 Å². The van der Waals surface area contributed by atoms with Crippen LogP contribution in [-0.4, -0.2) is 6.29 Å². The molecule has 0 unspecified atom stereocenters. The van der Waals surface area contributed by atoms with Crippen LogP contribution in [-0.2, 0) is 10.2 Å². The molecule has 0 bridgehead atoms. The maximum absolute atomic E-state index is 13.0. The fourth-order valence-corrected chi connectivity index (χ4v) is 4.58. The van der Waals surface area contributed by atoms with Crippen LogP contribution < -0.4 is 4.90 Å². The van der Waals surface area contributed by atoms with E-state index < -0.39 is 5.41 Å². The van der Waals surface area contributed by atoms with E-state index in [4.69, 9.17) is 0 Å². The van der Waals surface area contributed by atoms with Crippen molar-refractivity contribution < 1.29 is 4.79 Å². The summed E-state index contributed by atoms with van der Waals surface area (Å²) in [6, 6.07) is 40.8. The molecule has 4 aromatic rings. The number of carbonyl (C=O) groups is 1. The Labute approximate surface area is 188 Å². The monoisotopic (exact) mass is 413 g/mol. The summed E-state index contributed by atoms with van der Waals surface area (Å²) in [5, 5.41) is 0. The van der Waals surface area contributed by atoms with Crippen molar-refractivity contribution in [1.29, 1.82) is 0 Å². The molecule has 0 spiro atoms. The third-order valence-electron chi connectivity index (χ3n) is 6.05. The second kappa shape index (κ2) is 8.52. The summed E-state index contributed by atoms with van der Waals surface area (Å²) >= 11 is 0. The summed E-state index contributed by atoms with van der Waals surface area (Å²) in [6.45, 7) is 0. The summed E-state index contributed by atoms with van der Waals surface area (Å²) in [6.07, 6.45) is 5.28. The van der Waals surface area contributed by atoms with Gasteiger partial charge in [0.15, 0.2) is 0 Å². The Balaban J connectivity index is 1.86. The number of benzene rings is 4. The van der Waals surface area contributed by atoms with Crippen LogP contribution in [0.25, 0.3) is 5.70 Å². The number of carbonyl (C=O) groups excluding carboxylic acids is 1. The molecule has 1 heterocycles. The lowest BCUT2D eigenvalue weighted by molar-refractivity contribution is -0.105. The highest BCUT2D eigenvalue weighted by Gasteiger charge is 2.41. The zero-order chi connectivity index (χ0) is 21.8. The van der Waals surface area contributed by atoms with Crippen LogP contribution in [0.3, 0.4) is 0 Å². The molecule has 2 nitrogen and oxygen atoms in total. The predicted molar refractivity (Wildman–Crippen MR) is 131 cm³/mol. The van der Waals surface area contributed by atoms with Crippen molar-refractivity contribution in [2.24, 2.45) is 0 Å². The second-order valence-electron chi connectivity index (χ2n) is 7.81. The zero-order valence-electron chi connectivity index (χ0n) is 17.6. The molecule has 0 saturated carbocycles. The highest BCUT2D eigenvalue weighted by molar-refractivity contribution is 6.00. The van der Waals surface area contributed by atoms with Gasteiger partial charge in [0.2, 0.25) is 0 Å². The average Bonchev–Trinajstić information content (AvgIpc) is 2.89. The lowest BCUT2D eigenvalue weighted by Crippen LogP contribution is -2.36. The number of nitrogens with zero attached hydrogens (tertiary/aromatic N) is 1. The molecule has 32 heavy (non-hydrogen) atoms. The van der Waals surface area contributed by atoms with E-state index in [0.29, 0.717) is 5.57 Å². The van der Waals surface area contributed by atoms with Crippen molar-refractivity contribution in [1.82, 2.24) is 0 Å². The quantitative estimate of drug-likeness (QED) is 0.343. The topological polar surface area (TPSA) is 20.3 Å². The molecule has 1 aliphatic rings. The molecule has 0 N–H and O–H groups in total. The van der Waals surface area contributed by atoms with Crippen molar-refractivity contribution in [3.8, 4) is 0 Å². The van der Waals surface area contributed by atoms with Crippen LogP contribution in [0.2, 0.25) is 0 Å². The molecular formula is C30H23NO. The largest absolute Gasteiger partial charge is 0.316 e. The summed E-state index contributed by atoms with van der Waals surface area (Å²) in [4.78, 5) is 15.1. The van der Waals surface area contributed by atoms with Gasteiger partial charge >= 0.3 is 0 Å². The Bertz CT molecular complexity index is 1220. The highest BCUT2D eigenvalue weighted by Crippen LogP contribution is 2.47. The summed E-state index contributed by atoms with van der Waals surface area (Å²) < 4.78 is 0. The van der Waals surface area contributed by atoms with Gasteiger partial charge in [-0.25, -0.2) is 0 Å². The van der Waals surface area contributed by atoms with Gasteiger partial charge in [-0.05, 0) is 34.9 Å². The van der Waals surface area contributed by atoms with Crippen molar-refractivity contribution >= 4 is 17.7 Å². The van der Waals surface area contributed by atoms with Gasteiger partial charge in [-0.2, -0.15) is 0 Å². The smallest absolute Gasteiger partial charge is 0.149 e. The normalized spacial score (nSPS) is 14.9. The van der Waals surface area contributed by atoms with Gasteiger partial charge in [-0.15, -0.1) is 0 Å². The van der Waals surface area contributed by atoms with Crippen molar-refractivity contribution in [3.05, 3.63) is 156 Å². The SMILES string of the molecule is O=CC1=C(c2ccccc2)N(c2ccccc2)C=CC1(c1ccccc1)c1ccccc1. The molecule has 0 aliphatic carbocycles. The lowest BCUT2D eigenvalue weighted by Gasteiger charge is -2.40. The number of hydrogen-bond acceptors (Lipinski definition) is 2. The molecule has 4 aromatic carbocycles. The van der Waals surface area contributed by atoms with Crippen molar-refractivity contribution in [2.45, 2.75) is 5.41 Å². The molecule has 0 fully saturated rings. The number of rotatable bonds is 5. The highest BCUT2D eigenvalue weighted by atomic mass is 16.1. The fourth-order valence-electron chi connectivity index (χ4n) is 4.58. The van der Waals surface area contributed by atoms with Crippen LogP contribution in [0.1, 0.15) is 16.7 Å². The standard InChI is InChI=1S/C30H23NO/c32-23-28-29(24-13-5-1-6-14-24)31(27-19-11-4-12-20-27)22-21-30(28,25-15-7-2-8-16-25)26-17-9-3-10-18-26/h1-23H. The van der Waals surface area contributed by atoms with Gasteiger partial charge in [0.25, 0.3) is 0 Å². The van der Waals surface area contributed by atoms with Crippen LogP contribution in [0, 0.1) is 0 Å². The van der Waals surface area contributed by atoms with Crippen LogP contribution in [0.15, 0.2) is 139 Å². The minimum Gasteiger partial charge on any atom is -0.316 e. The molecule has 0 radical (unpaired) electrons. The Morgan fingerprint density at radius 3 is 1.56 bits per heavy atom. The molecule has 0 saturated heterocycles. The van der Waals surface area contributed by atoms with E-state index in [2.05, 4.69) is 65.7 Å². The van der Waals surface area contributed by atoms with E-state index in [1.54, 1.807) is 0 Å². The predicted octanol–water partition coefficient (Wildman–Crippen LogP) is 6.62. The third kappa shape index (κ3) is 3.27. The molecule has 5 rings (SSSR count). The third-order valence-corrected chi connectivity index (χ3v) is 6.05. The van der Waals surface area contributed by atoms with E-state index in [1.807, 2.05) is 72.8 Å². The lowest BCUT2D eigenvalue weighted by atomic mass is 9.67. The Hall–Kier alpha value is -4.17. The number of aldehydes is 1. The Morgan fingerprint density at radius 2 is 1.06 bits per heavy atom. The van der Waals surface area contributed by atoms with Gasteiger partial charge in [-0.1, -0.05) is 109 Å². The molecule has 2 heteroatoms. The molecule has 0 aromatic heterocycles. The maximum atomic E-state index is 13.0. The van der Waals surface area contributed by atoms with Crippen LogP contribution >= 0.6 is 0 Å². The minimum absolute atomic E-state index is 0.694.